The molecule has 3 rings (SSSR count). The van der Waals surface area contributed by atoms with Gasteiger partial charge in [-0.1, -0.05) is 50.0 Å². The van der Waals surface area contributed by atoms with Gasteiger partial charge in [-0.25, -0.2) is 0 Å². The van der Waals surface area contributed by atoms with Gasteiger partial charge in [-0.05, 0) is 47.7 Å². The molecule has 1 fully saturated rings. The summed E-state index contributed by atoms with van der Waals surface area (Å²) in [5.74, 6) is 6.71. The highest BCUT2D eigenvalue weighted by Crippen LogP contribution is 2.23. The molecule has 0 aliphatic carbocycles. The first-order valence-corrected chi connectivity index (χ1v) is 9.54. The van der Waals surface area contributed by atoms with Crippen molar-refractivity contribution in [2.75, 3.05) is 13.2 Å². The van der Waals surface area contributed by atoms with Crippen LogP contribution in [0.5, 0.6) is 5.75 Å². The zero-order valence-corrected chi connectivity index (χ0v) is 15.9. The lowest BCUT2D eigenvalue weighted by molar-refractivity contribution is -0.170. The topological polar surface area (TPSA) is 27.7 Å². The lowest BCUT2D eigenvalue weighted by atomic mass is 10.0. The van der Waals surface area contributed by atoms with E-state index in [-0.39, 0.29) is 5.75 Å². The number of alkyl halides is 2. The molecule has 1 aliphatic heterocycles. The van der Waals surface area contributed by atoms with Gasteiger partial charge >= 0.3 is 6.61 Å². The number of halogens is 2. The van der Waals surface area contributed by atoms with Gasteiger partial charge < -0.3 is 14.2 Å². The smallest absolute Gasteiger partial charge is 0.387 e. The summed E-state index contributed by atoms with van der Waals surface area (Å²) in [7, 11) is 0. The number of unbranched alkanes of at least 4 members (excludes halogenated alkanes) is 1. The Morgan fingerprint density at radius 3 is 2.18 bits per heavy atom. The standard InChI is InChI=1S/C23H24F2O3/c1-2-3-4-18-15-26-22(27-16-18)14-7-17-5-8-19(9-6-17)20-10-12-21(13-11-20)28-23(24)25/h5-6,8-13,18,22-23H,2-4,15-16H2,1H3/t18-,22-. The molecule has 0 bridgehead atoms. The van der Waals surface area contributed by atoms with Crippen LogP contribution in [0.15, 0.2) is 48.5 Å². The Morgan fingerprint density at radius 1 is 1.00 bits per heavy atom. The maximum absolute atomic E-state index is 12.2. The van der Waals surface area contributed by atoms with Gasteiger partial charge in [0.05, 0.1) is 13.2 Å². The molecular weight excluding hydrogens is 362 g/mol. The Kier molecular flexibility index (Phi) is 7.41. The van der Waals surface area contributed by atoms with E-state index in [9.17, 15) is 8.78 Å². The Labute approximate surface area is 164 Å². The number of rotatable bonds is 6. The third kappa shape index (κ3) is 6.05. The third-order valence-electron chi connectivity index (χ3n) is 4.56. The van der Waals surface area contributed by atoms with Crippen molar-refractivity contribution in [2.24, 2.45) is 5.92 Å². The van der Waals surface area contributed by atoms with Crippen LogP contribution in [0.2, 0.25) is 0 Å². The molecule has 148 valence electrons. The molecule has 0 aromatic heterocycles. The molecule has 2 aromatic rings. The molecule has 28 heavy (non-hydrogen) atoms. The van der Waals surface area contributed by atoms with Crippen molar-refractivity contribution in [1.82, 2.24) is 0 Å². The monoisotopic (exact) mass is 386 g/mol. The molecule has 0 N–H and O–H groups in total. The Morgan fingerprint density at radius 2 is 1.61 bits per heavy atom. The highest BCUT2D eigenvalue weighted by molar-refractivity contribution is 5.65. The summed E-state index contributed by atoms with van der Waals surface area (Å²) in [6, 6.07) is 14.3. The van der Waals surface area contributed by atoms with E-state index in [1.165, 1.54) is 25.0 Å². The first-order chi connectivity index (χ1) is 13.6. The second-order valence-corrected chi connectivity index (χ2v) is 6.76. The van der Waals surface area contributed by atoms with Crippen LogP contribution < -0.4 is 4.74 Å². The molecule has 5 heteroatoms. The summed E-state index contributed by atoms with van der Waals surface area (Å²) in [5, 5.41) is 0. The summed E-state index contributed by atoms with van der Waals surface area (Å²) < 4.78 is 40.1. The van der Waals surface area contributed by atoms with Crippen LogP contribution in [-0.2, 0) is 9.47 Å². The van der Waals surface area contributed by atoms with Crippen LogP contribution >= 0.6 is 0 Å². The van der Waals surface area contributed by atoms with Gasteiger partial charge in [0.15, 0.2) is 0 Å². The fourth-order valence-corrected chi connectivity index (χ4v) is 3.00. The molecular formula is C23H24F2O3. The molecule has 3 nitrogen and oxygen atoms in total. The quantitative estimate of drug-likeness (QED) is 0.615. The van der Waals surface area contributed by atoms with E-state index in [2.05, 4.69) is 23.5 Å². The van der Waals surface area contributed by atoms with Gasteiger partial charge in [0, 0.05) is 11.5 Å². The van der Waals surface area contributed by atoms with Crippen LogP contribution in [0.1, 0.15) is 31.7 Å². The normalized spacial score (nSPS) is 19.1. The SMILES string of the molecule is CCCC[C@H]1CO[C@H](C#Cc2ccc(-c3ccc(OC(F)F)cc3)cc2)OC1. The van der Waals surface area contributed by atoms with Crippen LogP contribution in [0, 0.1) is 17.8 Å². The Bertz CT molecular complexity index is 783. The lowest BCUT2D eigenvalue weighted by Crippen LogP contribution is -2.31. The Hall–Kier alpha value is -2.42. The van der Waals surface area contributed by atoms with E-state index < -0.39 is 12.9 Å². The minimum atomic E-state index is -2.82. The first-order valence-electron chi connectivity index (χ1n) is 9.54. The zero-order chi connectivity index (χ0) is 19.8. The molecule has 1 heterocycles. The van der Waals surface area contributed by atoms with E-state index in [1.54, 1.807) is 12.1 Å². The highest BCUT2D eigenvalue weighted by Gasteiger charge is 2.20. The first kappa shape index (κ1) is 20.3. The van der Waals surface area contributed by atoms with Crippen molar-refractivity contribution in [1.29, 1.82) is 0 Å². The van der Waals surface area contributed by atoms with Crippen molar-refractivity contribution in [3.63, 3.8) is 0 Å². The van der Waals surface area contributed by atoms with Crippen LogP contribution in [0.3, 0.4) is 0 Å². The summed E-state index contributed by atoms with van der Waals surface area (Å²) >= 11 is 0. The summed E-state index contributed by atoms with van der Waals surface area (Å²) in [5.41, 5.74) is 2.75. The minimum absolute atomic E-state index is 0.144. The van der Waals surface area contributed by atoms with Gasteiger partial charge in [-0.3, -0.25) is 0 Å². The second-order valence-electron chi connectivity index (χ2n) is 6.76. The predicted molar refractivity (Wildman–Crippen MR) is 104 cm³/mol. The van der Waals surface area contributed by atoms with Crippen molar-refractivity contribution in [3.05, 3.63) is 54.1 Å². The molecule has 1 aliphatic rings. The average Bonchev–Trinajstić information content (AvgIpc) is 2.72. The molecule has 1 saturated heterocycles. The molecule has 0 atom stereocenters. The molecule has 0 spiro atoms. The minimum Gasteiger partial charge on any atom is -0.435 e. The lowest BCUT2D eigenvalue weighted by Gasteiger charge is -2.26. The van der Waals surface area contributed by atoms with Gasteiger partial charge in [0.1, 0.15) is 5.75 Å². The second kappa shape index (κ2) is 10.2. The van der Waals surface area contributed by atoms with E-state index in [1.807, 2.05) is 24.3 Å². The van der Waals surface area contributed by atoms with E-state index in [0.717, 1.165) is 23.1 Å². The van der Waals surface area contributed by atoms with E-state index in [4.69, 9.17) is 9.47 Å². The number of hydrogen-bond donors (Lipinski definition) is 0. The van der Waals surface area contributed by atoms with Crippen LogP contribution in [0.4, 0.5) is 8.78 Å². The van der Waals surface area contributed by atoms with Crippen LogP contribution in [0.25, 0.3) is 11.1 Å². The summed E-state index contributed by atoms with van der Waals surface area (Å²) in [4.78, 5) is 0. The van der Waals surface area contributed by atoms with Gasteiger partial charge in [0.2, 0.25) is 6.29 Å². The van der Waals surface area contributed by atoms with E-state index >= 15 is 0 Å². The maximum Gasteiger partial charge on any atom is 0.387 e. The maximum atomic E-state index is 12.2. The third-order valence-corrected chi connectivity index (χ3v) is 4.56. The average molecular weight is 386 g/mol. The van der Waals surface area contributed by atoms with E-state index in [0.29, 0.717) is 19.1 Å². The molecule has 0 amide bonds. The highest BCUT2D eigenvalue weighted by atomic mass is 19.3. The Balaban J connectivity index is 1.55. The van der Waals surface area contributed by atoms with Crippen molar-refractivity contribution >= 4 is 0 Å². The largest absolute Gasteiger partial charge is 0.435 e. The fraction of sp³-hybridized carbons (Fsp3) is 0.391. The summed E-state index contributed by atoms with van der Waals surface area (Å²) in [6.07, 6.45) is 3.04. The van der Waals surface area contributed by atoms with Crippen LogP contribution in [-0.4, -0.2) is 26.1 Å². The van der Waals surface area contributed by atoms with Gasteiger partial charge in [-0.2, -0.15) is 8.78 Å². The molecule has 0 saturated carbocycles. The van der Waals surface area contributed by atoms with Gasteiger partial charge in [-0.15, -0.1) is 0 Å². The van der Waals surface area contributed by atoms with Crippen molar-refractivity contribution in [3.8, 4) is 28.7 Å². The fourth-order valence-electron chi connectivity index (χ4n) is 3.00. The van der Waals surface area contributed by atoms with Crippen molar-refractivity contribution < 1.29 is 23.0 Å². The van der Waals surface area contributed by atoms with Gasteiger partial charge in [0.25, 0.3) is 0 Å². The number of benzene rings is 2. The predicted octanol–water partition coefficient (Wildman–Crippen LogP) is 5.49. The van der Waals surface area contributed by atoms with Crippen molar-refractivity contribution in [2.45, 2.75) is 39.1 Å². The number of hydrogen-bond acceptors (Lipinski definition) is 3. The summed E-state index contributed by atoms with van der Waals surface area (Å²) in [6.45, 7) is 0.761. The molecule has 2 aromatic carbocycles. The number of ether oxygens (including phenoxy) is 3. The molecule has 0 unspecified atom stereocenters. The zero-order valence-electron chi connectivity index (χ0n) is 15.9. The molecule has 0 radical (unpaired) electrons.